The van der Waals surface area contributed by atoms with Gasteiger partial charge in [0.15, 0.2) is 0 Å². The van der Waals surface area contributed by atoms with Crippen LogP contribution in [0.3, 0.4) is 0 Å². The van der Waals surface area contributed by atoms with Gasteiger partial charge >= 0.3 is 0 Å². The predicted octanol–water partition coefficient (Wildman–Crippen LogP) is 4.93. The van der Waals surface area contributed by atoms with E-state index in [1.54, 1.807) is 12.4 Å². The van der Waals surface area contributed by atoms with Crippen molar-refractivity contribution in [2.75, 3.05) is 23.3 Å². The van der Waals surface area contributed by atoms with Gasteiger partial charge in [-0.2, -0.15) is 0 Å². The van der Waals surface area contributed by atoms with Crippen LogP contribution in [0.25, 0.3) is 22.2 Å². The van der Waals surface area contributed by atoms with Crippen LogP contribution in [0.1, 0.15) is 18.4 Å². The van der Waals surface area contributed by atoms with Gasteiger partial charge < -0.3 is 15.2 Å². The molecular weight excluding hydrogens is 405 g/mol. The summed E-state index contributed by atoms with van der Waals surface area (Å²) >= 11 is 0. The van der Waals surface area contributed by atoms with Gasteiger partial charge in [-0.3, -0.25) is 4.79 Å². The molecule has 1 amide bonds. The molecule has 3 heterocycles. The first-order valence-electron chi connectivity index (χ1n) is 10.8. The number of amides is 1. The highest BCUT2D eigenvalue weighted by Crippen LogP contribution is 2.30. The lowest BCUT2D eigenvalue weighted by atomic mass is 9.95. The van der Waals surface area contributed by atoms with Gasteiger partial charge in [-0.1, -0.05) is 24.3 Å². The number of hydrogen-bond acceptors (Lipinski definition) is 4. The lowest BCUT2D eigenvalue weighted by Crippen LogP contribution is -2.38. The summed E-state index contributed by atoms with van der Waals surface area (Å²) in [6, 6.07) is 14.0. The van der Waals surface area contributed by atoms with Crippen LogP contribution >= 0.6 is 0 Å². The van der Waals surface area contributed by atoms with Crippen LogP contribution in [-0.4, -0.2) is 33.9 Å². The number of rotatable bonds is 4. The predicted molar refractivity (Wildman–Crippen MR) is 124 cm³/mol. The maximum atomic E-state index is 13.6. The molecule has 0 spiro atoms. The van der Waals surface area contributed by atoms with E-state index in [4.69, 9.17) is 0 Å². The van der Waals surface area contributed by atoms with Gasteiger partial charge in [0.05, 0.1) is 5.39 Å². The molecule has 2 aromatic heterocycles. The fourth-order valence-electron chi connectivity index (χ4n) is 4.38. The molecule has 0 unspecified atom stereocenters. The Morgan fingerprint density at radius 3 is 2.62 bits per heavy atom. The normalized spacial score (nSPS) is 14.6. The van der Waals surface area contributed by atoms with Gasteiger partial charge in [-0.05, 0) is 60.7 Å². The van der Waals surface area contributed by atoms with Crippen LogP contribution in [0.5, 0.6) is 0 Å². The molecule has 1 fully saturated rings. The fourth-order valence-corrected chi connectivity index (χ4v) is 4.38. The SMILES string of the molecule is Cc1c[nH]c2ncnc(N3CCC(C(=O)Nc4cccc(-c5cccc(F)c5)c4)CC3)c12. The zero-order valence-corrected chi connectivity index (χ0v) is 17.8. The third kappa shape index (κ3) is 3.93. The number of nitrogens with one attached hydrogen (secondary N) is 2. The van der Waals surface area contributed by atoms with Crippen molar-refractivity contribution in [1.82, 2.24) is 15.0 Å². The minimum atomic E-state index is -0.278. The molecule has 1 aliphatic heterocycles. The minimum absolute atomic E-state index is 0.0201. The highest BCUT2D eigenvalue weighted by atomic mass is 19.1. The summed E-state index contributed by atoms with van der Waals surface area (Å²) in [5, 5.41) is 4.09. The minimum Gasteiger partial charge on any atom is -0.356 e. The number of aryl methyl sites for hydroxylation is 1. The molecule has 7 heteroatoms. The van der Waals surface area contributed by atoms with E-state index in [9.17, 15) is 9.18 Å². The number of aromatic amines is 1. The first-order valence-corrected chi connectivity index (χ1v) is 10.8. The molecule has 32 heavy (non-hydrogen) atoms. The molecule has 0 saturated carbocycles. The number of aromatic nitrogens is 3. The van der Waals surface area contributed by atoms with Gasteiger partial charge in [-0.25, -0.2) is 14.4 Å². The van der Waals surface area contributed by atoms with E-state index in [1.165, 1.54) is 12.1 Å². The van der Waals surface area contributed by atoms with E-state index in [-0.39, 0.29) is 17.6 Å². The van der Waals surface area contributed by atoms with E-state index < -0.39 is 0 Å². The Morgan fingerprint density at radius 2 is 1.84 bits per heavy atom. The molecule has 0 bridgehead atoms. The summed E-state index contributed by atoms with van der Waals surface area (Å²) in [5.41, 5.74) is 4.33. The zero-order valence-electron chi connectivity index (χ0n) is 17.8. The summed E-state index contributed by atoms with van der Waals surface area (Å²) in [6.45, 7) is 3.57. The van der Waals surface area contributed by atoms with E-state index in [2.05, 4.69) is 25.2 Å². The quantitative estimate of drug-likeness (QED) is 0.483. The standard InChI is InChI=1S/C25H24FN5O/c1-16-14-27-23-22(16)24(29-15-28-23)31-10-8-17(9-11-31)25(32)30-21-7-3-5-19(13-21)18-4-2-6-20(26)12-18/h2-7,12-15,17H,8-11H2,1H3,(H,30,32)(H,27,28,29). The first-order chi connectivity index (χ1) is 15.6. The molecule has 0 atom stereocenters. The van der Waals surface area contributed by atoms with Crippen molar-refractivity contribution in [3.05, 3.63) is 72.4 Å². The van der Waals surface area contributed by atoms with Crippen LogP contribution < -0.4 is 10.2 Å². The molecule has 162 valence electrons. The highest BCUT2D eigenvalue weighted by molar-refractivity contribution is 5.94. The van der Waals surface area contributed by atoms with Crippen molar-refractivity contribution in [3.63, 3.8) is 0 Å². The largest absolute Gasteiger partial charge is 0.356 e. The van der Waals surface area contributed by atoms with Crippen molar-refractivity contribution < 1.29 is 9.18 Å². The number of benzene rings is 2. The molecule has 1 saturated heterocycles. The van der Waals surface area contributed by atoms with Gasteiger partial charge in [0.1, 0.15) is 23.6 Å². The molecular formula is C25H24FN5O. The summed E-state index contributed by atoms with van der Waals surface area (Å²) in [6.07, 6.45) is 5.04. The number of fused-ring (bicyclic) bond motifs is 1. The van der Waals surface area contributed by atoms with Crippen LogP contribution in [0, 0.1) is 18.7 Å². The Morgan fingerprint density at radius 1 is 1.09 bits per heavy atom. The number of H-pyrrole nitrogens is 1. The van der Waals surface area contributed by atoms with Crippen molar-refractivity contribution in [2.45, 2.75) is 19.8 Å². The average Bonchev–Trinajstić information content (AvgIpc) is 3.20. The molecule has 5 rings (SSSR count). The van der Waals surface area contributed by atoms with E-state index in [1.807, 2.05) is 43.5 Å². The number of hydrogen-bond donors (Lipinski definition) is 2. The van der Waals surface area contributed by atoms with Gasteiger partial charge in [0, 0.05) is 30.9 Å². The average molecular weight is 429 g/mol. The maximum absolute atomic E-state index is 13.6. The topological polar surface area (TPSA) is 73.9 Å². The zero-order chi connectivity index (χ0) is 22.1. The number of carbonyl (C=O) groups excluding carboxylic acids is 1. The number of carbonyl (C=O) groups is 1. The van der Waals surface area contributed by atoms with Crippen molar-refractivity contribution in [2.24, 2.45) is 5.92 Å². The third-order valence-corrected chi connectivity index (χ3v) is 6.10. The number of halogens is 1. The van der Waals surface area contributed by atoms with Gasteiger partial charge in [0.25, 0.3) is 0 Å². The fraction of sp³-hybridized carbons (Fsp3) is 0.240. The number of nitrogens with zero attached hydrogens (tertiary/aromatic N) is 3. The van der Waals surface area contributed by atoms with E-state index >= 15 is 0 Å². The molecule has 4 aromatic rings. The molecule has 6 nitrogen and oxygen atoms in total. The Labute approximate surface area is 185 Å². The molecule has 0 radical (unpaired) electrons. The van der Waals surface area contributed by atoms with Crippen molar-refractivity contribution in [1.29, 1.82) is 0 Å². The molecule has 1 aliphatic rings. The number of piperidine rings is 1. The summed E-state index contributed by atoms with van der Waals surface area (Å²) < 4.78 is 13.6. The maximum Gasteiger partial charge on any atom is 0.227 e. The Balaban J connectivity index is 1.25. The Kier molecular flexibility index (Phi) is 5.31. The monoisotopic (exact) mass is 429 g/mol. The van der Waals surface area contributed by atoms with E-state index in [0.29, 0.717) is 0 Å². The Hall–Kier alpha value is -3.74. The third-order valence-electron chi connectivity index (χ3n) is 6.10. The lowest BCUT2D eigenvalue weighted by molar-refractivity contribution is -0.120. The van der Waals surface area contributed by atoms with Gasteiger partial charge in [-0.15, -0.1) is 0 Å². The van der Waals surface area contributed by atoms with Gasteiger partial charge in [0.2, 0.25) is 5.91 Å². The van der Waals surface area contributed by atoms with Crippen molar-refractivity contribution >= 4 is 28.4 Å². The van der Waals surface area contributed by atoms with Crippen LogP contribution in [0.2, 0.25) is 0 Å². The summed E-state index contributed by atoms with van der Waals surface area (Å²) in [4.78, 5) is 27.1. The second-order valence-corrected chi connectivity index (χ2v) is 8.23. The molecule has 2 aromatic carbocycles. The number of anilines is 2. The molecule has 0 aliphatic carbocycles. The van der Waals surface area contributed by atoms with Crippen LogP contribution in [0.4, 0.5) is 15.9 Å². The summed E-state index contributed by atoms with van der Waals surface area (Å²) in [5.74, 6) is 0.607. The Bertz CT molecular complexity index is 1280. The first kappa shape index (κ1) is 20.2. The second kappa shape index (κ2) is 8.42. The second-order valence-electron chi connectivity index (χ2n) is 8.23. The molecule has 2 N–H and O–H groups in total. The lowest BCUT2D eigenvalue weighted by Gasteiger charge is -2.32. The highest BCUT2D eigenvalue weighted by Gasteiger charge is 2.27. The van der Waals surface area contributed by atoms with Crippen LogP contribution in [0.15, 0.2) is 61.1 Å². The van der Waals surface area contributed by atoms with Crippen LogP contribution in [-0.2, 0) is 4.79 Å². The van der Waals surface area contributed by atoms with Crippen molar-refractivity contribution in [3.8, 4) is 11.1 Å². The smallest absolute Gasteiger partial charge is 0.227 e. The van der Waals surface area contributed by atoms with E-state index in [0.717, 1.165) is 65.2 Å². The summed E-state index contributed by atoms with van der Waals surface area (Å²) in [7, 11) is 0.